The van der Waals surface area contributed by atoms with Gasteiger partial charge in [-0.25, -0.2) is 4.79 Å². The van der Waals surface area contributed by atoms with Crippen molar-refractivity contribution in [2.75, 3.05) is 13.1 Å². The number of carbonyl (C=O) groups excluding carboxylic acids is 1. The molecule has 5 nitrogen and oxygen atoms in total. The Hall–Kier alpha value is -1.01. The monoisotopic (exact) mass is 330 g/mol. The molecule has 1 aliphatic heterocycles. The summed E-state index contributed by atoms with van der Waals surface area (Å²) in [6, 6.07) is 4.09. The third kappa shape index (κ3) is 4.24. The summed E-state index contributed by atoms with van der Waals surface area (Å²) >= 11 is 3.26. The molecule has 1 N–H and O–H groups in total. The molecule has 0 spiro atoms. The van der Waals surface area contributed by atoms with Gasteiger partial charge < -0.3 is 19.4 Å². The Labute approximate surface area is 121 Å². The highest BCUT2D eigenvalue weighted by atomic mass is 79.9. The van der Waals surface area contributed by atoms with Crippen LogP contribution in [0.1, 0.15) is 26.5 Å². The highest BCUT2D eigenvalue weighted by molar-refractivity contribution is 9.10. The molecule has 0 aliphatic carbocycles. The molecule has 0 unspecified atom stereocenters. The summed E-state index contributed by atoms with van der Waals surface area (Å²) in [4.78, 5) is 13.4. The van der Waals surface area contributed by atoms with Crippen molar-refractivity contribution < 1.29 is 13.9 Å². The quantitative estimate of drug-likeness (QED) is 0.925. The van der Waals surface area contributed by atoms with Crippen molar-refractivity contribution in [3.63, 3.8) is 0 Å². The van der Waals surface area contributed by atoms with Crippen molar-refractivity contribution in [3.05, 3.63) is 22.6 Å². The van der Waals surface area contributed by atoms with E-state index in [9.17, 15) is 4.79 Å². The molecular formula is C13H19BrN2O3. The summed E-state index contributed by atoms with van der Waals surface area (Å²) in [5, 5.41) is 3.33. The van der Waals surface area contributed by atoms with Gasteiger partial charge >= 0.3 is 6.09 Å². The number of halogens is 1. The van der Waals surface area contributed by atoms with Gasteiger partial charge in [0.2, 0.25) is 0 Å². The summed E-state index contributed by atoms with van der Waals surface area (Å²) in [6.45, 7) is 7.63. The Morgan fingerprint density at radius 3 is 2.74 bits per heavy atom. The number of ether oxygens (including phenoxy) is 1. The zero-order chi connectivity index (χ0) is 14.0. The predicted molar refractivity (Wildman–Crippen MR) is 74.8 cm³/mol. The Bertz CT molecular complexity index is 447. The summed E-state index contributed by atoms with van der Waals surface area (Å²) < 4.78 is 11.4. The largest absolute Gasteiger partial charge is 0.453 e. The van der Waals surface area contributed by atoms with Crippen molar-refractivity contribution in [2.45, 2.75) is 39.0 Å². The second-order valence-electron chi connectivity index (χ2n) is 5.67. The van der Waals surface area contributed by atoms with Gasteiger partial charge in [0.1, 0.15) is 11.4 Å². The minimum Gasteiger partial charge on any atom is -0.453 e. The second-order valence-corrected chi connectivity index (χ2v) is 6.45. The van der Waals surface area contributed by atoms with Gasteiger partial charge in [-0.1, -0.05) is 0 Å². The van der Waals surface area contributed by atoms with E-state index in [-0.39, 0.29) is 6.09 Å². The number of likely N-dealkylation sites (tertiary alicyclic amines) is 1. The maximum absolute atomic E-state index is 11.7. The number of nitrogens with zero attached hydrogens (tertiary/aromatic N) is 1. The van der Waals surface area contributed by atoms with Crippen LogP contribution in [-0.2, 0) is 11.3 Å². The standard InChI is InChI=1S/C13H19BrN2O3/c1-13(2,3)19-12(17)16-7-9(8-16)15-6-10-4-5-11(14)18-10/h4-5,9,15H,6-8H2,1-3H3. The van der Waals surface area contributed by atoms with E-state index in [2.05, 4.69) is 21.2 Å². The van der Waals surface area contributed by atoms with Crippen molar-refractivity contribution in [2.24, 2.45) is 0 Å². The summed E-state index contributed by atoms with van der Waals surface area (Å²) in [6.07, 6.45) is -0.244. The van der Waals surface area contributed by atoms with E-state index in [1.807, 2.05) is 32.9 Å². The number of rotatable bonds is 3. The molecule has 0 aromatic carbocycles. The number of hydrogen-bond acceptors (Lipinski definition) is 4. The maximum atomic E-state index is 11.7. The molecule has 1 saturated heterocycles. The molecular weight excluding hydrogens is 312 g/mol. The zero-order valence-electron chi connectivity index (χ0n) is 11.4. The first-order valence-corrected chi connectivity index (χ1v) is 7.08. The molecule has 2 heterocycles. The molecule has 1 aliphatic rings. The van der Waals surface area contributed by atoms with Gasteiger partial charge in [0, 0.05) is 19.1 Å². The smallest absolute Gasteiger partial charge is 0.410 e. The fourth-order valence-electron chi connectivity index (χ4n) is 1.77. The lowest BCUT2D eigenvalue weighted by Gasteiger charge is -2.40. The molecule has 19 heavy (non-hydrogen) atoms. The Kier molecular flexibility index (Phi) is 4.20. The van der Waals surface area contributed by atoms with E-state index >= 15 is 0 Å². The molecule has 1 fully saturated rings. The van der Waals surface area contributed by atoms with Crippen LogP contribution < -0.4 is 5.32 Å². The van der Waals surface area contributed by atoms with Crippen molar-refractivity contribution in [1.29, 1.82) is 0 Å². The van der Waals surface area contributed by atoms with Crippen LogP contribution in [-0.4, -0.2) is 35.7 Å². The fourth-order valence-corrected chi connectivity index (χ4v) is 2.11. The molecule has 0 bridgehead atoms. The normalized spacial score (nSPS) is 16.3. The molecule has 1 amide bonds. The number of carbonyl (C=O) groups is 1. The molecule has 2 rings (SSSR count). The first kappa shape index (κ1) is 14.4. The third-order valence-corrected chi connectivity index (χ3v) is 3.15. The molecule has 1 aromatic heterocycles. The van der Waals surface area contributed by atoms with E-state index in [4.69, 9.17) is 9.15 Å². The molecule has 106 valence electrons. The Balaban J connectivity index is 1.67. The minimum absolute atomic E-state index is 0.244. The fraction of sp³-hybridized carbons (Fsp3) is 0.615. The van der Waals surface area contributed by atoms with Crippen LogP contribution in [0.3, 0.4) is 0 Å². The van der Waals surface area contributed by atoms with Crippen LogP contribution in [0.2, 0.25) is 0 Å². The van der Waals surface area contributed by atoms with E-state index in [1.165, 1.54) is 0 Å². The minimum atomic E-state index is -0.434. The number of hydrogen-bond donors (Lipinski definition) is 1. The van der Waals surface area contributed by atoms with Gasteiger partial charge in [-0.15, -0.1) is 0 Å². The lowest BCUT2D eigenvalue weighted by atomic mass is 10.1. The third-order valence-electron chi connectivity index (χ3n) is 2.73. The van der Waals surface area contributed by atoms with E-state index < -0.39 is 5.60 Å². The van der Waals surface area contributed by atoms with Gasteiger partial charge in [0.05, 0.1) is 6.54 Å². The highest BCUT2D eigenvalue weighted by Gasteiger charge is 2.33. The molecule has 0 atom stereocenters. The number of furan rings is 1. The van der Waals surface area contributed by atoms with Gasteiger partial charge in [0.15, 0.2) is 4.67 Å². The number of amides is 1. The first-order chi connectivity index (χ1) is 8.83. The lowest BCUT2D eigenvalue weighted by Crippen LogP contribution is -2.60. The average molecular weight is 331 g/mol. The highest BCUT2D eigenvalue weighted by Crippen LogP contribution is 2.17. The van der Waals surface area contributed by atoms with Crippen LogP contribution in [0.5, 0.6) is 0 Å². The molecule has 0 radical (unpaired) electrons. The average Bonchev–Trinajstić information content (AvgIpc) is 2.59. The molecule has 6 heteroatoms. The van der Waals surface area contributed by atoms with E-state index in [1.54, 1.807) is 4.90 Å². The molecule has 0 saturated carbocycles. The van der Waals surface area contributed by atoms with Gasteiger partial charge in [-0.05, 0) is 48.8 Å². The van der Waals surface area contributed by atoms with Crippen LogP contribution in [0.4, 0.5) is 4.79 Å². The van der Waals surface area contributed by atoms with Crippen molar-refractivity contribution in [3.8, 4) is 0 Å². The van der Waals surface area contributed by atoms with Crippen LogP contribution in [0.15, 0.2) is 21.2 Å². The van der Waals surface area contributed by atoms with E-state index in [0.717, 1.165) is 10.4 Å². The summed E-state index contributed by atoms with van der Waals surface area (Å²) in [5.41, 5.74) is -0.434. The zero-order valence-corrected chi connectivity index (χ0v) is 13.0. The van der Waals surface area contributed by atoms with Gasteiger partial charge in [-0.3, -0.25) is 0 Å². The number of nitrogens with one attached hydrogen (secondary N) is 1. The summed E-state index contributed by atoms with van der Waals surface area (Å²) in [7, 11) is 0. The summed E-state index contributed by atoms with van der Waals surface area (Å²) in [5.74, 6) is 0.877. The van der Waals surface area contributed by atoms with Crippen molar-refractivity contribution >= 4 is 22.0 Å². The van der Waals surface area contributed by atoms with Crippen LogP contribution in [0, 0.1) is 0 Å². The van der Waals surface area contributed by atoms with Crippen LogP contribution in [0.25, 0.3) is 0 Å². The van der Waals surface area contributed by atoms with Crippen LogP contribution >= 0.6 is 15.9 Å². The maximum Gasteiger partial charge on any atom is 0.410 e. The Morgan fingerprint density at radius 2 is 2.21 bits per heavy atom. The van der Waals surface area contributed by atoms with Gasteiger partial charge in [0.25, 0.3) is 0 Å². The lowest BCUT2D eigenvalue weighted by molar-refractivity contribution is 0.00505. The molecule has 1 aromatic rings. The van der Waals surface area contributed by atoms with E-state index in [0.29, 0.717) is 25.7 Å². The SMILES string of the molecule is CC(C)(C)OC(=O)N1CC(NCc2ccc(Br)o2)C1. The van der Waals surface area contributed by atoms with Crippen molar-refractivity contribution in [1.82, 2.24) is 10.2 Å². The topological polar surface area (TPSA) is 54.7 Å². The van der Waals surface area contributed by atoms with Gasteiger partial charge in [-0.2, -0.15) is 0 Å². The Morgan fingerprint density at radius 1 is 1.53 bits per heavy atom. The second kappa shape index (κ2) is 5.54. The first-order valence-electron chi connectivity index (χ1n) is 6.29. The predicted octanol–water partition coefficient (Wildman–Crippen LogP) is 2.75.